The van der Waals surface area contributed by atoms with Crippen molar-refractivity contribution in [2.75, 3.05) is 19.7 Å². The van der Waals surface area contributed by atoms with Gasteiger partial charge in [-0.3, -0.25) is 4.18 Å². The van der Waals surface area contributed by atoms with Gasteiger partial charge in [-0.1, -0.05) is 60.7 Å². The molecule has 0 aromatic heterocycles. The van der Waals surface area contributed by atoms with Crippen molar-refractivity contribution in [2.45, 2.75) is 31.6 Å². The molecule has 0 atom stereocenters. The van der Waals surface area contributed by atoms with E-state index < -0.39 is 10.1 Å². The number of ether oxygens (including phenoxy) is 1. The fourth-order valence-electron chi connectivity index (χ4n) is 3.38. The molecule has 29 heavy (non-hydrogen) atoms. The molecule has 2 aromatic carbocycles. The highest BCUT2D eigenvalue weighted by molar-refractivity contribution is 7.85. The molecular weight excluding hydrogens is 390 g/mol. The second-order valence-corrected chi connectivity index (χ2v) is 8.91. The number of carbonyl (C=O) groups is 1. The summed E-state index contributed by atoms with van der Waals surface area (Å²) in [5.41, 5.74) is 1.68. The van der Waals surface area contributed by atoms with E-state index >= 15 is 0 Å². The van der Waals surface area contributed by atoms with Crippen LogP contribution in [0.1, 0.15) is 30.4 Å². The van der Waals surface area contributed by atoms with E-state index in [2.05, 4.69) is 0 Å². The fraction of sp³-hybridized carbons (Fsp3) is 0.409. The van der Waals surface area contributed by atoms with Gasteiger partial charge in [0.25, 0.3) is 10.1 Å². The molecule has 0 saturated carbocycles. The zero-order valence-corrected chi connectivity index (χ0v) is 17.2. The van der Waals surface area contributed by atoms with Crippen LogP contribution < -0.4 is 0 Å². The second-order valence-electron chi connectivity index (χ2n) is 7.27. The minimum Gasteiger partial charge on any atom is -0.445 e. The number of benzene rings is 2. The first kappa shape index (κ1) is 21.3. The van der Waals surface area contributed by atoms with Gasteiger partial charge in [0, 0.05) is 13.1 Å². The Hall–Kier alpha value is -2.38. The van der Waals surface area contributed by atoms with Gasteiger partial charge < -0.3 is 9.64 Å². The largest absolute Gasteiger partial charge is 0.445 e. The van der Waals surface area contributed by atoms with Crippen molar-refractivity contribution in [2.24, 2.45) is 5.92 Å². The topological polar surface area (TPSA) is 72.9 Å². The number of hydrogen-bond acceptors (Lipinski definition) is 5. The Morgan fingerprint density at radius 3 is 2.14 bits per heavy atom. The Morgan fingerprint density at radius 2 is 1.52 bits per heavy atom. The number of amides is 1. The highest BCUT2D eigenvalue weighted by Gasteiger charge is 2.24. The summed E-state index contributed by atoms with van der Waals surface area (Å²) in [5.74, 6) is 0.236. The molecule has 7 heteroatoms. The van der Waals surface area contributed by atoms with Crippen LogP contribution in [0.15, 0.2) is 60.7 Å². The first-order chi connectivity index (χ1) is 14.0. The van der Waals surface area contributed by atoms with Crippen LogP contribution >= 0.6 is 0 Å². The average Bonchev–Trinajstić information content (AvgIpc) is 2.73. The second kappa shape index (κ2) is 10.4. The maximum atomic E-state index is 12.2. The van der Waals surface area contributed by atoms with Crippen LogP contribution in [0.5, 0.6) is 0 Å². The van der Waals surface area contributed by atoms with Gasteiger partial charge in [0.1, 0.15) is 12.4 Å². The van der Waals surface area contributed by atoms with Crippen LogP contribution in [0, 0.1) is 5.92 Å². The fourth-order valence-corrected chi connectivity index (χ4v) is 4.41. The van der Waals surface area contributed by atoms with E-state index in [1.54, 1.807) is 17.0 Å². The van der Waals surface area contributed by atoms with Crippen molar-refractivity contribution in [3.63, 3.8) is 0 Å². The molecular formula is C22H27NO5S. The number of rotatable bonds is 8. The van der Waals surface area contributed by atoms with Crippen LogP contribution in [0.4, 0.5) is 4.79 Å². The molecule has 1 amide bonds. The zero-order valence-electron chi connectivity index (χ0n) is 16.4. The van der Waals surface area contributed by atoms with E-state index in [-0.39, 0.29) is 25.1 Å². The Morgan fingerprint density at radius 1 is 0.931 bits per heavy atom. The van der Waals surface area contributed by atoms with Crippen molar-refractivity contribution in [1.82, 2.24) is 4.90 Å². The normalized spacial score (nSPS) is 15.2. The summed E-state index contributed by atoms with van der Waals surface area (Å²) in [6.45, 7) is 1.69. The van der Waals surface area contributed by atoms with Gasteiger partial charge in [-0.15, -0.1) is 0 Å². The number of likely N-dealkylation sites (tertiary alicyclic amines) is 1. The van der Waals surface area contributed by atoms with Crippen molar-refractivity contribution in [1.29, 1.82) is 0 Å². The lowest BCUT2D eigenvalue weighted by atomic mass is 9.94. The van der Waals surface area contributed by atoms with Gasteiger partial charge in [-0.05, 0) is 36.3 Å². The third-order valence-corrected chi connectivity index (χ3v) is 6.27. The standard InChI is InChI=1S/C22H27NO5S/c24-22(27-17-20-7-3-1-4-8-20)23-14-11-19(12-15-23)13-16-28-29(25,26)18-21-9-5-2-6-10-21/h1-10,19H,11-18H2. The molecule has 1 fully saturated rings. The monoisotopic (exact) mass is 417 g/mol. The summed E-state index contributed by atoms with van der Waals surface area (Å²) in [6.07, 6.45) is 2.01. The van der Waals surface area contributed by atoms with E-state index in [1.807, 2.05) is 48.5 Å². The summed E-state index contributed by atoms with van der Waals surface area (Å²) in [7, 11) is -3.58. The highest BCUT2D eigenvalue weighted by atomic mass is 32.2. The molecule has 156 valence electrons. The molecule has 2 aromatic rings. The molecule has 3 rings (SSSR count). The van der Waals surface area contributed by atoms with E-state index in [4.69, 9.17) is 8.92 Å². The quantitative estimate of drug-likeness (QED) is 0.608. The van der Waals surface area contributed by atoms with Gasteiger partial charge in [0.2, 0.25) is 0 Å². The third-order valence-electron chi connectivity index (χ3n) is 5.05. The molecule has 0 unspecified atom stereocenters. The van der Waals surface area contributed by atoms with Crippen molar-refractivity contribution in [3.8, 4) is 0 Å². The summed E-state index contributed by atoms with van der Waals surface area (Å²) in [4.78, 5) is 13.9. The Bertz CT molecular complexity index is 863. The summed E-state index contributed by atoms with van der Waals surface area (Å²) < 4.78 is 34.7. The molecule has 1 heterocycles. The number of carbonyl (C=O) groups excluding carboxylic acids is 1. The molecule has 0 spiro atoms. The number of nitrogens with zero attached hydrogens (tertiary/aromatic N) is 1. The molecule has 0 N–H and O–H groups in total. The lowest BCUT2D eigenvalue weighted by Gasteiger charge is -2.31. The van der Waals surface area contributed by atoms with E-state index in [0.717, 1.165) is 24.0 Å². The first-order valence-corrected chi connectivity index (χ1v) is 11.5. The van der Waals surface area contributed by atoms with Gasteiger partial charge in [0.15, 0.2) is 0 Å². The van der Waals surface area contributed by atoms with Gasteiger partial charge in [-0.25, -0.2) is 4.79 Å². The number of hydrogen-bond donors (Lipinski definition) is 0. The molecule has 6 nitrogen and oxygen atoms in total. The van der Waals surface area contributed by atoms with Crippen molar-refractivity contribution < 1.29 is 22.1 Å². The van der Waals surface area contributed by atoms with E-state index in [0.29, 0.717) is 25.4 Å². The van der Waals surface area contributed by atoms with Crippen molar-refractivity contribution in [3.05, 3.63) is 71.8 Å². The van der Waals surface area contributed by atoms with Gasteiger partial charge in [0.05, 0.1) is 6.61 Å². The Balaban J connectivity index is 1.34. The Kier molecular flexibility index (Phi) is 7.66. The maximum Gasteiger partial charge on any atom is 0.410 e. The summed E-state index contributed by atoms with van der Waals surface area (Å²) in [5, 5.41) is 0. The van der Waals surface area contributed by atoms with Gasteiger partial charge in [-0.2, -0.15) is 8.42 Å². The Labute approximate surface area is 172 Å². The zero-order chi connectivity index (χ0) is 20.5. The smallest absolute Gasteiger partial charge is 0.410 e. The minimum absolute atomic E-state index is 0.112. The van der Waals surface area contributed by atoms with Crippen LogP contribution in [0.25, 0.3) is 0 Å². The average molecular weight is 418 g/mol. The predicted octanol–water partition coefficient (Wildman–Crippen LogP) is 3.97. The lowest BCUT2D eigenvalue weighted by molar-refractivity contribution is 0.0801. The van der Waals surface area contributed by atoms with Crippen LogP contribution in [-0.4, -0.2) is 39.1 Å². The SMILES string of the molecule is O=C(OCc1ccccc1)N1CCC(CCOS(=O)(=O)Cc2ccccc2)CC1. The maximum absolute atomic E-state index is 12.2. The third kappa shape index (κ3) is 7.18. The molecule has 0 aliphatic carbocycles. The molecule has 1 saturated heterocycles. The lowest BCUT2D eigenvalue weighted by Crippen LogP contribution is -2.39. The summed E-state index contributed by atoms with van der Waals surface area (Å²) >= 11 is 0. The highest BCUT2D eigenvalue weighted by Crippen LogP contribution is 2.22. The van der Waals surface area contributed by atoms with Crippen LogP contribution in [0.2, 0.25) is 0 Å². The molecule has 0 radical (unpaired) electrons. The van der Waals surface area contributed by atoms with E-state index in [1.165, 1.54) is 0 Å². The first-order valence-electron chi connectivity index (χ1n) is 9.88. The van der Waals surface area contributed by atoms with E-state index in [9.17, 15) is 13.2 Å². The summed E-state index contributed by atoms with van der Waals surface area (Å²) in [6, 6.07) is 18.6. The van der Waals surface area contributed by atoms with Crippen molar-refractivity contribution >= 4 is 16.2 Å². The molecule has 0 bridgehead atoms. The molecule has 1 aliphatic heterocycles. The molecule has 1 aliphatic rings. The minimum atomic E-state index is -3.58. The number of piperidine rings is 1. The van der Waals surface area contributed by atoms with Gasteiger partial charge >= 0.3 is 6.09 Å². The predicted molar refractivity (Wildman–Crippen MR) is 111 cm³/mol. The van der Waals surface area contributed by atoms with Crippen LogP contribution in [-0.2, 0) is 31.4 Å². The van der Waals surface area contributed by atoms with Crippen LogP contribution in [0.3, 0.4) is 0 Å².